The van der Waals surface area contributed by atoms with Gasteiger partial charge in [0, 0.05) is 11.1 Å². The van der Waals surface area contributed by atoms with Crippen molar-refractivity contribution in [1.29, 1.82) is 0 Å². The van der Waals surface area contributed by atoms with Gasteiger partial charge in [-0.2, -0.15) is 5.10 Å². The summed E-state index contributed by atoms with van der Waals surface area (Å²) in [5.74, 6) is -1.51. The second-order valence-electron chi connectivity index (χ2n) is 6.12. The van der Waals surface area contributed by atoms with E-state index in [4.69, 9.17) is 25.8 Å². The standard InChI is InChI=1S/C21H19ClN2O6/c1-28-15-10-12(9-13(11-22)19(15)25)17-16(20(26)29-2)18(21(27)30-3)24(23-17)14-7-5-4-6-8-14/h4-10,25H,11H2,1-3H3. The first-order chi connectivity index (χ1) is 14.5. The Morgan fingerprint density at radius 1 is 1.07 bits per heavy atom. The molecular weight excluding hydrogens is 412 g/mol. The van der Waals surface area contributed by atoms with Crippen LogP contribution in [0.15, 0.2) is 42.5 Å². The number of phenolic OH excluding ortho intramolecular Hbond substituents is 1. The van der Waals surface area contributed by atoms with Crippen molar-refractivity contribution in [3.05, 3.63) is 59.3 Å². The van der Waals surface area contributed by atoms with Crippen molar-refractivity contribution in [3.8, 4) is 28.4 Å². The molecule has 156 valence electrons. The van der Waals surface area contributed by atoms with E-state index in [9.17, 15) is 14.7 Å². The van der Waals surface area contributed by atoms with Crippen LogP contribution in [0, 0.1) is 0 Å². The van der Waals surface area contributed by atoms with E-state index in [0.717, 1.165) is 0 Å². The highest BCUT2D eigenvalue weighted by Crippen LogP contribution is 2.38. The Kier molecular flexibility index (Phi) is 6.27. The van der Waals surface area contributed by atoms with Crippen molar-refractivity contribution in [2.75, 3.05) is 21.3 Å². The lowest BCUT2D eigenvalue weighted by molar-refractivity contribution is 0.0549. The second-order valence-corrected chi connectivity index (χ2v) is 6.39. The number of rotatable bonds is 6. The fourth-order valence-corrected chi connectivity index (χ4v) is 3.22. The van der Waals surface area contributed by atoms with Crippen LogP contribution < -0.4 is 4.74 Å². The average molecular weight is 431 g/mol. The van der Waals surface area contributed by atoms with Crippen molar-refractivity contribution in [1.82, 2.24) is 9.78 Å². The molecule has 0 aliphatic heterocycles. The van der Waals surface area contributed by atoms with Gasteiger partial charge in [0.2, 0.25) is 0 Å². The summed E-state index contributed by atoms with van der Waals surface area (Å²) in [7, 11) is 3.80. The van der Waals surface area contributed by atoms with Gasteiger partial charge in [0.25, 0.3) is 0 Å². The second kappa shape index (κ2) is 8.87. The number of aromatic nitrogens is 2. The van der Waals surface area contributed by atoms with Crippen LogP contribution in [0.4, 0.5) is 0 Å². The molecule has 0 saturated heterocycles. The molecule has 0 radical (unpaired) electrons. The number of methoxy groups -OCH3 is 3. The maximum atomic E-state index is 12.7. The van der Waals surface area contributed by atoms with E-state index in [0.29, 0.717) is 16.8 Å². The highest BCUT2D eigenvalue weighted by molar-refractivity contribution is 6.17. The maximum absolute atomic E-state index is 12.7. The first kappa shape index (κ1) is 21.2. The van der Waals surface area contributed by atoms with Gasteiger partial charge < -0.3 is 19.3 Å². The minimum absolute atomic E-state index is 0.00710. The number of aromatic hydroxyl groups is 1. The molecule has 1 N–H and O–H groups in total. The Balaban J connectivity index is 2.39. The third-order valence-electron chi connectivity index (χ3n) is 4.45. The summed E-state index contributed by atoms with van der Waals surface area (Å²) in [5.41, 5.74) is 1.29. The topological polar surface area (TPSA) is 99.9 Å². The predicted molar refractivity (Wildman–Crippen MR) is 109 cm³/mol. The van der Waals surface area contributed by atoms with E-state index in [1.807, 2.05) is 6.07 Å². The SMILES string of the molecule is COC(=O)c1c(-c2cc(CCl)c(O)c(OC)c2)nn(-c2ccccc2)c1C(=O)OC. The highest BCUT2D eigenvalue weighted by atomic mass is 35.5. The first-order valence-electron chi connectivity index (χ1n) is 8.78. The van der Waals surface area contributed by atoms with Crippen molar-refractivity contribution in [2.24, 2.45) is 0 Å². The van der Waals surface area contributed by atoms with Gasteiger partial charge in [-0.3, -0.25) is 0 Å². The molecule has 0 saturated carbocycles. The van der Waals surface area contributed by atoms with Crippen LogP contribution in [0.5, 0.6) is 11.5 Å². The summed E-state index contributed by atoms with van der Waals surface area (Å²) in [6.45, 7) is 0. The number of ether oxygens (including phenoxy) is 3. The molecule has 0 aliphatic carbocycles. The van der Waals surface area contributed by atoms with Crippen LogP contribution in [0.1, 0.15) is 26.4 Å². The lowest BCUT2D eigenvalue weighted by Crippen LogP contribution is -2.15. The largest absolute Gasteiger partial charge is 0.504 e. The third kappa shape index (κ3) is 3.69. The lowest BCUT2D eigenvalue weighted by atomic mass is 10.0. The molecule has 0 unspecified atom stereocenters. The molecule has 0 amide bonds. The molecule has 8 nitrogen and oxygen atoms in total. The van der Waals surface area contributed by atoms with Crippen LogP contribution in [-0.4, -0.2) is 48.2 Å². The van der Waals surface area contributed by atoms with Crippen LogP contribution in [0.3, 0.4) is 0 Å². The van der Waals surface area contributed by atoms with E-state index in [1.165, 1.54) is 32.1 Å². The minimum atomic E-state index is -0.771. The normalized spacial score (nSPS) is 10.5. The van der Waals surface area contributed by atoms with Crippen LogP contribution in [0.2, 0.25) is 0 Å². The number of phenols is 1. The Bertz CT molecular complexity index is 1070. The molecular formula is C21H19ClN2O6. The number of carbonyl (C=O) groups is 2. The summed E-state index contributed by atoms with van der Waals surface area (Å²) >= 11 is 5.95. The zero-order valence-corrected chi connectivity index (χ0v) is 17.3. The average Bonchev–Trinajstić information content (AvgIpc) is 3.19. The Labute approximate surface area is 177 Å². The van der Waals surface area contributed by atoms with Gasteiger partial charge in [-0.25, -0.2) is 14.3 Å². The van der Waals surface area contributed by atoms with E-state index >= 15 is 0 Å². The van der Waals surface area contributed by atoms with Crippen molar-refractivity contribution in [2.45, 2.75) is 5.88 Å². The van der Waals surface area contributed by atoms with Crippen LogP contribution in [0.25, 0.3) is 16.9 Å². The molecule has 3 aromatic rings. The maximum Gasteiger partial charge on any atom is 0.357 e. The minimum Gasteiger partial charge on any atom is -0.504 e. The molecule has 0 bridgehead atoms. The van der Waals surface area contributed by atoms with E-state index in [1.54, 1.807) is 30.3 Å². The van der Waals surface area contributed by atoms with Gasteiger partial charge in [0.05, 0.1) is 32.9 Å². The molecule has 2 aromatic carbocycles. The number of alkyl halides is 1. The fourth-order valence-electron chi connectivity index (χ4n) is 3.02. The molecule has 30 heavy (non-hydrogen) atoms. The molecule has 0 atom stereocenters. The number of hydrogen-bond acceptors (Lipinski definition) is 7. The Morgan fingerprint density at radius 2 is 1.73 bits per heavy atom. The summed E-state index contributed by atoms with van der Waals surface area (Å²) in [4.78, 5) is 25.3. The summed E-state index contributed by atoms with van der Waals surface area (Å²) in [6.07, 6.45) is 0. The van der Waals surface area contributed by atoms with E-state index in [2.05, 4.69) is 5.10 Å². The number of carbonyl (C=O) groups excluding carboxylic acids is 2. The van der Waals surface area contributed by atoms with Crippen molar-refractivity contribution in [3.63, 3.8) is 0 Å². The molecule has 0 fully saturated rings. The van der Waals surface area contributed by atoms with E-state index < -0.39 is 11.9 Å². The molecule has 0 aliphatic rings. The van der Waals surface area contributed by atoms with Gasteiger partial charge >= 0.3 is 11.9 Å². The van der Waals surface area contributed by atoms with Crippen LogP contribution in [-0.2, 0) is 15.4 Å². The van der Waals surface area contributed by atoms with Gasteiger partial charge in [0.15, 0.2) is 17.2 Å². The summed E-state index contributed by atoms with van der Waals surface area (Å²) < 4.78 is 16.3. The smallest absolute Gasteiger partial charge is 0.357 e. The fraction of sp³-hybridized carbons (Fsp3) is 0.190. The zero-order valence-electron chi connectivity index (χ0n) is 16.5. The number of para-hydroxylation sites is 1. The Hall–Kier alpha value is -3.52. The molecule has 9 heteroatoms. The van der Waals surface area contributed by atoms with E-state index in [-0.39, 0.29) is 34.3 Å². The third-order valence-corrected chi connectivity index (χ3v) is 4.73. The van der Waals surface area contributed by atoms with Crippen molar-refractivity contribution < 1.29 is 28.9 Å². The molecule has 3 rings (SSSR count). The van der Waals surface area contributed by atoms with Gasteiger partial charge in [-0.15, -0.1) is 11.6 Å². The predicted octanol–water partition coefficient (Wildman–Crippen LogP) is 3.57. The molecule has 0 spiro atoms. The number of nitrogens with zero attached hydrogens (tertiary/aromatic N) is 2. The first-order valence-corrected chi connectivity index (χ1v) is 9.31. The van der Waals surface area contributed by atoms with Gasteiger partial charge in [-0.1, -0.05) is 18.2 Å². The molecule has 1 aromatic heterocycles. The molecule has 1 heterocycles. The van der Waals surface area contributed by atoms with Crippen molar-refractivity contribution >= 4 is 23.5 Å². The summed E-state index contributed by atoms with van der Waals surface area (Å²) in [5, 5.41) is 14.8. The number of hydrogen-bond donors (Lipinski definition) is 1. The number of halogens is 1. The monoisotopic (exact) mass is 430 g/mol. The van der Waals surface area contributed by atoms with Gasteiger partial charge in [0.1, 0.15) is 11.3 Å². The zero-order chi connectivity index (χ0) is 21.8. The Morgan fingerprint density at radius 3 is 2.30 bits per heavy atom. The van der Waals surface area contributed by atoms with Crippen LogP contribution >= 0.6 is 11.6 Å². The number of esters is 2. The highest BCUT2D eigenvalue weighted by Gasteiger charge is 2.32. The van der Waals surface area contributed by atoms with Gasteiger partial charge in [-0.05, 0) is 24.3 Å². The quantitative estimate of drug-likeness (QED) is 0.471. The lowest BCUT2D eigenvalue weighted by Gasteiger charge is -2.10. The summed E-state index contributed by atoms with van der Waals surface area (Å²) in [6, 6.07) is 11.9. The number of benzene rings is 2.